The summed E-state index contributed by atoms with van der Waals surface area (Å²) in [6, 6.07) is 7.74. The second-order valence-electron chi connectivity index (χ2n) is 19.1. The van der Waals surface area contributed by atoms with Gasteiger partial charge in [-0.2, -0.15) is 8.78 Å². The average Bonchev–Trinajstić information content (AvgIpc) is 3.23. The van der Waals surface area contributed by atoms with Gasteiger partial charge in [0.2, 0.25) is 0 Å². The van der Waals surface area contributed by atoms with Crippen LogP contribution in [0.5, 0.6) is 0 Å². The third-order valence-electron chi connectivity index (χ3n) is 10.3. The molecule has 1 aromatic carbocycles. The van der Waals surface area contributed by atoms with Crippen LogP contribution < -0.4 is 29.6 Å². The Labute approximate surface area is 426 Å². The van der Waals surface area contributed by atoms with Crippen molar-refractivity contribution in [1.29, 1.82) is 0 Å². The number of hydrogen-bond donors (Lipinski definition) is 1. The van der Waals surface area contributed by atoms with E-state index >= 15 is 0 Å². The molecule has 0 spiro atoms. The summed E-state index contributed by atoms with van der Waals surface area (Å²) < 4.78 is 92.1. The molecule has 67 heavy (non-hydrogen) atoms. The van der Waals surface area contributed by atoms with Crippen LogP contribution in [0, 0.1) is 16.2 Å². The van der Waals surface area contributed by atoms with Crippen molar-refractivity contribution in [3.63, 3.8) is 0 Å². The Kier molecular flexibility index (Phi) is 36.9. The van der Waals surface area contributed by atoms with Crippen molar-refractivity contribution in [2.24, 2.45) is 16.2 Å². The van der Waals surface area contributed by atoms with Crippen LogP contribution in [-0.4, -0.2) is 117 Å². The summed E-state index contributed by atoms with van der Waals surface area (Å²) in [5.74, 6) is -2.53. The number of carbonyl (C=O) groups is 4. The van der Waals surface area contributed by atoms with Crippen LogP contribution >= 0.6 is 0 Å². The molecule has 0 aliphatic carbocycles. The topological polar surface area (TPSA) is 210 Å². The number of aliphatic hydroxyl groups excluding tert-OH is 1. The summed E-state index contributed by atoms with van der Waals surface area (Å²) in [6.45, 7) is 34.2. The number of esters is 4. The number of aliphatic hydroxyl groups is 1. The van der Waals surface area contributed by atoms with Gasteiger partial charge in [0.1, 0.15) is 19.8 Å². The van der Waals surface area contributed by atoms with Gasteiger partial charge in [-0.05, 0) is 129 Å². The molecule has 1 aromatic rings. The van der Waals surface area contributed by atoms with Gasteiger partial charge in [0.05, 0.1) is 49.3 Å². The largest absolute Gasteiger partial charge is 1.00 e. The summed E-state index contributed by atoms with van der Waals surface area (Å²) in [7, 11) is -7.52. The zero-order valence-corrected chi connectivity index (χ0v) is 48.9. The fraction of sp³-hybridized carbons (Fsp3) is 0.783. The second-order valence-corrected chi connectivity index (χ2v) is 29.6. The number of alkyl halides is 2. The van der Waals surface area contributed by atoms with Gasteiger partial charge >= 0.3 is 58.7 Å². The standard InChI is InChI=1S/C14H32O3Si2.C13H16F2O5S.C11H22O4.C8H16O3.Na/c1-9-14(2,3)13(15)16-11-10-12-19(7,8)17-18(4,5)6;1-3-9(2)11-6-4-10(5-7-11)8-20-12(16)13(14,15)21(17,18)19;1-5-11(2,3)10(12)15-9-8-14-7-6-13-4;1-4-8(2,3)7(10)11-6-5-9;/h9-12H2,1-8H3;4-7,9H,3,8H2,1-2H3,(H,17,18,19);5-9H2,1-4H3;9H,4-6H2,1-3H3;/q;;;;+1/p-1. The summed E-state index contributed by atoms with van der Waals surface area (Å²) >= 11 is 0. The maximum absolute atomic E-state index is 12.9. The van der Waals surface area contributed by atoms with Crippen molar-refractivity contribution in [2.45, 2.75) is 165 Å². The van der Waals surface area contributed by atoms with Crippen molar-refractivity contribution < 1.29 is 108 Å². The first-order valence-corrected chi connectivity index (χ1v) is 30.5. The van der Waals surface area contributed by atoms with Crippen molar-refractivity contribution in [1.82, 2.24) is 0 Å². The molecule has 0 radical (unpaired) electrons. The van der Waals surface area contributed by atoms with Crippen LogP contribution in [0.15, 0.2) is 24.3 Å². The van der Waals surface area contributed by atoms with Crippen molar-refractivity contribution in [2.75, 3.05) is 53.4 Å². The van der Waals surface area contributed by atoms with Gasteiger partial charge in [-0.25, -0.2) is 13.2 Å². The zero-order chi connectivity index (χ0) is 52.2. The number of methoxy groups -OCH3 is 1. The minimum atomic E-state index is -6.09. The van der Waals surface area contributed by atoms with Gasteiger partial charge in [0.25, 0.3) is 0 Å². The van der Waals surface area contributed by atoms with Gasteiger partial charge in [0, 0.05) is 7.11 Å². The molecule has 1 unspecified atom stereocenters. The SMILES string of the molecule is CCC(C)(C)C(=O)OCCC[Si](C)(C)O[Si](C)(C)C.CCC(C)(C)C(=O)OCCO.CCC(C)(C)C(=O)OCCOCCOC.CCC(C)c1ccc(COC(=O)C(F)(F)S(=O)(=O)[O-])cc1.[Na+]. The molecule has 0 saturated carbocycles. The fourth-order valence-electron chi connectivity index (χ4n) is 4.65. The first-order chi connectivity index (χ1) is 30.1. The average molecular weight is 1030 g/mol. The molecule has 0 saturated heterocycles. The Morgan fingerprint density at radius 3 is 1.48 bits per heavy atom. The molecule has 0 fully saturated rings. The minimum absolute atomic E-state index is 0. The number of benzene rings is 1. The van der Waals surface area contributed by atoms with E-state index in [0.717, 1.165) is 43.7 Å². The van der Waals surface area contributed by atoms with E-state index in [-0.39, 0.29) is 66.1 Å². The number of ether oxygens (including phenoxy) is 6. The van der Waals surface area contributed by atoms with Gasteiger partial charge in [-0.15, -0.1) is 0 Å². The molecule has 0 bridgehead atoms. The smallest absolute Gasteiger partial charge is 0.743 e. The van der Waals surface area contributed by atoms with Crippen LogP contribution in [0.3, 0.4) is 0 Å². The molecule has 388 valence electrons. The number of rotatable bonds is 26. The van der Waals surface area contributed by atoms with E-state index in [1.807, 2.05) is 76.2 Å². The quantitative estimate of drug-likeness (QED) is 0.0351. The molecule has 1 rings (SSSR count). The Morgan fingerprint density at radius 1 is 0.687 bits per heavy atom. The van der Waals surface area contributed by atoms with Gasteiger partial charge < -0.3 is 42.2 Å². The molecular weight excluding hydrogens is 942 g/mol. The van der Waals surface area contributed by atoms with E-state index in [9.17, 15) is 40.9 Å². The molecule has 15 nitrogen and oxygen atoms in total. The Bertz CT molecular complexity index is 1660. The van der Waals surface area contributed by atoms with E-state index in [1.54, 1.807) is 31.4 Å². The van der Waals surface area contributed by atoms with Gasteiger partial charge in [0.15, 0.2) is 26.8 Å². The Balaban J connectivity index is -0.000000403. The van der Waals surface area contributed by atoms with E-state index in [0.29, 0.717) is 44.5 Å². The summed E-state index contributed by atoms with van der Waals surface area (Å²) in [6.07, 6.45) is 4.18. The molecule has 1 N–H and O–H groups in total. The summed E-state index contributed by atoms with van der Waals surface area (Å²) in [5.41, 5.74) is 0.276. The zero-order valence-electron chi connectivity index (χ0n) is 44.1. The van der Waals surface area contributed by atoms with Crippen molar-refractivity contribution in [3.05, 3.63) is 35.4 Å². The van der Waals surface area contributed by atoms with Crippen LogP contribution in [0.4, 0.5) is 8.78 Å². The van der Waals surface area contributed by atoms with E-state index in [1.165, 1.54) is 0 Å². The van der Waals surface area contributed by atoms with E-state index < -0.39 is 55.4 Å². The van der Waals surface area contributed by atoms with Gasteiger partial charge in [-0.1, -0.05) is 58.9 Å². The molecule has 0 aliphatic rings. The summed E-state index contributed by atoms with van der Waals surface area (Å²) in [5, 5.41) is 3.30. The van der Waals surface area contributed by atoms with Crippen molar-refractivity contribution in [3.8, 4) is 0 Å². The first kappa shape index (κ1) is 71.7. The second kappa shape index (κ2) is 34.5. The van der Waals surface area contributed by atoms with Crippen LogP contribution in [-0.2, 0) is 68.4 Å². The van der Waals surface area contributed by atoms with Crippen LogP contribution in [0.2, 0.25) is 38.8 Å². The first-order valence-electron chi connectivity index (χ1n) is 22.6. The Morgan fingerprint density at radius 2 is 1.10 bits per heavy atom. The normalized spacial score (nSPS) is 12.6. The predicted octanol–water partition coefficient (Wildman–Crippen LogP) is 6.38. The molecule has 0 heterocycles. The van der Waals surface area contributed by atoms with Gasteiger partial charge in [-0.3, -0.25) is 14.4 Å². The number of carbonyl (C=O) groups excluding carboxylic acids is 4. The molecule has 1 atom stereocenters. The maximum atomic E-state index is 12.9. The fourth-order valence-corrected chi connectivity index (χ4v) is 12.9. The number of halogens is 2. The Hall–Kier alpha value is -1.86. The molecule has 0 amide bonds. The molecule has 0 aliphatic heterocycles. The maximum Gasteiger partial charge on any atom is 1.00 e. The molecular formula is C46H85F2NaO15SSi2. The monoisotopic (exact) mass is 1030 g/mol. The van der Waals surface area contributed by atoms with Crippen LogP contribution in [0.1, 0.15) is 125 Å². The summed E-state index contributed by atoms with van der Waals surface area (Å²) in [4.78, 5) is 45.4. The third-order valence-corrected chi connectivity index (χ3v) is 17.4. The number of hydrogen-bond acceptors (Lipinski definition) is 15. The van der Waals surface area contributed by atoms with E-state index in [4.69, 9.17) is 32.9 Å². The van der Waals surface area contributed by atoms with E-state index in [2.05, 4.69) is 37.5 Å². The van der Waals surface area contributed by atoms with Crippen LogP contribution in [0.25, 0.3) is 0 Å². The predicted molar refractivity (Wildman–Crippen MR) is 256 cm³/mol. The molecule has 0 aromatic heterocycles. The third kappa shape index (κ3) is 32.6. The molecule has 21 heteroatoms. The minimum Gasteiger partial charge on any atom is -0.743 e. The van der Waals surface area contributed by atoms with Crippen molar-refractivity contribution >= 4 is 50.6 Å².